The lowest BCUT2D eigenvalue weighted by atomic mass is 9.81. The number of rotatable bonds is 4. The molecule has 0 saturated heterocycles. The van der Waals surface area contributed by atoms with Gasteiger partial charge in [-0.15, -0.1) is 0 Å². The first-order valence-corrected chi connectivity index (χ1v) is 18.8. The van der Waals surface area contributed by atoms with E-state index in [9.17, 15) is 0 Å². The van der Waals surface area contributed by atoms with Crippen molar-refractivity contribution in [3.05, 3.63) is 204 Å². The zero-order valence-corrected chi connectivity index (χ0v) is 30.2. The zero-order chi connectivity index (χ0) is 36.0. The van der Waals surface area contributed by atoms with Crippen LogP contribution >= 0.6 is 0 Å². The minimum atomic E-state index is -0.0761. The highest BCUT2D eigenvalue weighted by Crippen LogP contribution is 2.49. The van der Waals surface area contributed by atoms with Crippen LogP contribution in [0.25, 0.3) is 65.9 Å². The van der Waals surface area contributed by atoms with E-state index in [0.29, 0.717) is 0 Å². The van der Waals surface area contributed by atoms with Crippen LogP contribution in [0, 0.1) is 0 Å². The lowest BCUT2D eigenvalue weighted by molar-refractivity contribution is 0.657. The van der Waals surface area contributed by atoms with Crippen molar-refractivity contribution < 1.29 is 0 Å². The normalized spacial score (nSPS) is 15.9. The predicted octanol–water partition coefficient (Wildman–Crippen LogP) is 12.5. The Balaban J connectivity index is 1.07. The van der Waals surface area contributed by atoms with Gasteiger partial charge in [-0.1, -0.05) is 153 Å². The molecule has 0 amide bonds. The molecule has 0 saturated carbocycles. The van der Waals surface area contributed by atoms with Crippen molar-refractivity contribution in [2.75, 3.05) is 0 Å². The molecule has 1 aromatic heterocycles. The van der Waals surface area contributed by atoms with Gasteiger partial charge in [-0.3, -0.25) is 0 Å². The molecule has 2 aliphatic rings. The minimum absolute atomic E-state index is 0.0610. The fraction of sp³-hybridized carbons (Fsp3) is 0.0784. The molecule has 1 atom stereocenters. The van der Waals surface area contributed by atoms with E-state index >= 15 is 0 Å². The Kier molecular flexibility index (Phi) is 6.66. The van der Waals surface area contributed by atoms with E-state index in [0.717, 1.165) is 28.3 Å². The summed E-state index contributed by atoms with van der Waals surface area (Å²) in [6, 6.07) is 61.9. The molecule has 3 nitrogen and oxygen atoms in total. The number of amidine groups is 1. The summed E-state index contributed by atoms with van der Waals surface area (Å²) in [4.78, 5) is 5.32. The molecular formula is C51H37N3. The summed E-state index contributed by atoms with van der Waals surface area (Å²) in [5.41, 5.74) is 13.3. The van der Waals surface area contributed by atoms with Crippen LogP contribution in [0.3, 0.4) is 0 Å². The fourth-order valence-electron chi connectivity index (χ4n) is 9.06. The molecule has 0 radical (unpaired) electrons. The van der Waals surface area contributed by atoms with Crippen molar-refractivity contribution in [2.45, 2.75) is 25.3 Å². The summed E-state index contributed by atoms with van der Waals surface area (Å²) in [6.45, 7) is 4.69. The van der Waals surface area contributed by atoms with Gasteiger partial charge in [-0.05, 0) is 85.9 Å². The Hall–Kier alpha value is -6.71. The molecule has 1 N–H and O–H groups in total. The number of nitrogens with one attached hydrogen (secondary N) is 1. The van der Waals surface area contributed by atoms with Crippen LogP contribution in [-0.2, 0) is 5.41 Å². The Bertz CT molecular complexity index is 3050. The van der Waals surface area contributed by atoms with Gasteiger partial charge in [0.25, 0.3) is 0 Å². The van der Waals surface area contributed by atoms with Gasteiger partial charge >= 0.3 is 0 Å². The van der Waals surface area contributed by atoms with Crippen molar-refractivity contribution in [1.82, 2.24) is 9.88 Å². The average Bonchev–Trinajstić information content (AvgIpc) is 3.66. The maximum absolute atomic E-state index is 5.32. The van der Waals surface area contributed by atoms with Crippen molar-refractivity contribution in [2.24, 2.45) is 4.99 Å². The van der Waals surface area contributed by atoms with Gasteiger partial charge in [0.2, 0.25) is 0 Å². The Morgan fingerprint density at radius 2 is 1.26 bits per heavy atom. The van der Waals surface area contributed by atoms with Crippen LogP contribution < -0.4 is 5.32 Å². The van der Waals surface area contributed by atoms with Crippen LogP contribution in [0.4, 0.5) is 0 Å². The number of para-hydroxylation sites is 1. The Morgan fingerprint density at radius 1 is 0.519 bits per heavy atom. The first-order chi connectivity index (χ1) is 26.5. The molecule has 1 aliphatic carbocycles. The van der Waals surface area contributed by atoms with Gasteiger partial charge in [0, 0.05) is 27.1 Å². The summed E-state index contributed by atoms with van der Waals surface area (Å²) in [7, 11) is 0. The SMILES string of the molecule is CC1(C)c2ccccc2-c2ccc(C3C=C(c4ccccc4)N=C(c4ccc5cccc(-n6c7ccccc7c7cc8ccccc8cc76)c5c4)N3)cc21. The minimum Gasteiger partial charge on any atom is -0.359 e. The molecule has 8 aromatic carbocycles. The van der Waals surface area contributed by atoms with Crippen LogP contribution in [-0.4, -0.2) is 10.4 Å². The van der Waals surface area contributed by atoms with Crippen LogP contribution in [0.2, 0.25) is 0 Å². The Morgan fingerprint density at radius 3 is 2.15 bits per heavy atom. The third-order valence-corrected chi connectivity index (χ3v) is 11.8. The quantitative estimate of drug-likeness (QED) is 0.196. The molecule has 2 heterocycles. The molecular weight excluding hydrogens is 655 g/mol. The topological polar surface area (TPSA) is 29.3 Å². The van der Waals surface area contributed by atoms with E-state index < -0.39 is 0 Å². The second-order valence-electron chi connectivity index (χ2n) is 15.3. The highest BCUT2D eigenvalue weighted by atomic mass is 15.0. The summed E-state index contributed by atoms with van der Waals surface area (Å²) in [6.07, 6.45) is 2.28. The first kappa shape index (κ1) is 30.9. The number of fused-ring (bicyclic) bond motifs is 8. The smallest absolute Gasteiger partial charge is 0.134 e. The van der Waals surface area contributed by atoms with Crippen molar-refractivity contribution in [3.8, 4) is 16.8 Å². The zero-order valence-electron chi connectivity index (χ0n) is 30.2. The molecule has 1 aliphatic heterocycles. The maximum Gasteiger partial charge on any atom is 0.134 e. The van der Waals surface area contributed by atoms with E-state index in [2.05, 4.69) is 200 Å². The molecule has 0 bridgehead atoms. The summed E-state index contributed by atoms with van der Waals surface area (Å²) in [5.74, 6) is 0.870. The van der Waals surface area contributed by atoms with Gasteiger partial charge < -0.3 is 9.88 Å². The predicted molar refractivity (Wildman–Crippen MR) is 227 cm³/mol. The molecule has 11 rings (SSSR count). The second-order valence-corrected chi connectivity index (χ2v) is 15.3. The number of aromatic nitrogens is 1. The van der Waals surface area contributed by atoms with E-state index in [-0.39, 0.29) is 11.5 Å². The maximum atomic E-state index is 5.32. The van der Waals surface area contributed by atoms with Gasteiger partial charge in [0.1, 0.15) is 5.84 Å². The lowest BCUT2D eigenvalue weighted by Crippen LogP contribution is -2.31. The van der Waals surface area contributed by atoms with Crippen molar-refractivity contribution in [1.29, 1.82) is 0 Å². The highest BCUT2D eigenvalue weighted by Gasteiger charge is 2.36. The Labute approximate surface area is 314 Å². The summed E-state index contributed by atoms with van der Waals surface area (Å²) in [5, 5.41) is 11.3. The van der Waals surface area contributed by atoms with Crippen molar-refractivity contribution >= 4 is 54.9 Å². The standard InChI is InChI=1S/C51H37N3/c1-51(2)43-20-10-8-18-38(43)39-26-25-36(29-44(39)51)46-31-45(33-13-4-3-5-14-33)52-50(53-46)37-24-23-32-17-12-22-48(41(32)28-37)54-47-21-11-9-19-40(47)42-27-34-15-6-7-16-35(34)30-49(42)54/h3-31,46H,1-2H3,(H,52,53). The first-order valence-electron chi connectivity index (χ1n) is 18.8. The molecule has 54 heavy (non-hydrogen) atoms. The molecule has 1 unspecified atom stereocenters. The van der Waals surface area contributed by atoms with E-state index in [1.807, 2.05) is 0 Å². The number of hydrogen-bond donors (Lipinski definition) is 1. The van der Waals surface area contributed by atoms with Crippen molar-refractivity contribution in [3.63, 3.8) is 0 Å². The molecule has 0 spiro atoms. The lowest BCUT2D eigenvalue weighted by Gasteiger charge is -2.27. The van der Waals surface area contributed by atoms with Crippen LogP contribution in [0.1, 0.15) is 47.7 Å². The number of nitrogens with zero attached hydrogens (tertiary/aromatic N) is 2. The van der Waals surface area contributed by atoms with Gasteiger partial charge in [0.15, 0.2) is 0 Å². The largest absolute Gasteiger partial charge is 0.359 e. The van der Waals surface area contributed by atoms with Gasteiger partial charge in [-0.2, -0.15) is 0 Å². The highest BCUT2D eigenvalue weighted by molar-refractivity contribution is 6.15. The monoisotopic (exact) mass is 691 g/mol. The van der Waals surface area contributed by atoms with E-state index in [4.69, 9.17) is 4.99 Å². The molecule has 256 valence electrons. The number of hydrogen-bond acceptors (Lipinski definition) is 2. The second kappa shape index (κ2) is 11.6. The van der Waals surface area contributed by atoms with E-state index in [1.54, 1.807) is 0 Å². The third-order valence-electron chi connectivity index (χ3n) is 11.8. The third kappa shape index (κ3) is 4.65. The number of benzene rings is 8. The van der Waals surface area contributed by atoms with Crippen LogP contribution in [0.15, 0.2) is 181 Å². The average molecular weight is 692 g/mol. The molecule has 3 heteroatoms. The molecule has 0 fully saturated rings. The summed E-state index contributed by atoms with van der Waals surface area (Å²) < 4.78 is 2.45. The van der Waals surface area contributed by atoms with Gasteiger partial charge in [0.05, 0.1) is 28.5 Å². The van der Waals surface area contributed by atoms with Gasteiger partial charge in [-0.25, -0.2) is 4.99 Å². The molecule has 9 aromatic rings. The summed E-state index contributed by atoms with van der Waals surface area (Å²) >= 11 is 0. The van der Waals surface area contributed by atoms with E-state index in [1.165, 1.54) is 71.2 Å². The number of aliphatic imine (C=N–C) groups is 1. The van der Waals surface area contributed by atoms with Crippen LogP contribution in [0.5, 0.6) is 0 Å². The fourth-order valence-corrected chi connectivity index (χ4v) is 9.06.